The zero-order valence-electron chi connectivity index (χ0n) is 41.5. The molecule has 0 unspecified atom stereocenters. The molecule has 0 aliphatic carbocycles. The highest BCUT2D eigenvalue weighted by atomic mass is 28.4. The van der Waals surface area contributed by atoms with E-state index in [-0.39, 0.29) is 0 Å². The van der Waals surface area contributed by atoms with Crippen LogP contribution in [0.4, 0.5) is 0 Å². The van der Waals surface area contributed by atoms with Crippen LogP contribution in [0.5, 0.6) is 0 Å². The molecular formula is C54H112O4Si. The molecule has 0 amide bonds. The topological polar surface area (TPSA) is 36.9 Å². The van der Waals surface area contributed by atoms with Gasteiger partial charge < -0.3 is 17.7 Å². The normalized spacial score (nSPS) is 12.0. The summed E-state index contributed by atoms with van der Waals surface area (Å²) in [5.41, 5.74) is 0. The molecule has 0 radical (unpaired) electrons. The molecule has 59 heavy (non-hydrogen) atoms. The molecule has 0 aliphatic rings. The first-order valence-corrected chi connectivity index (χ1v) is 29.4. The van der Waals surface area contributed by atoms with Crippen molar-refractivity contribution in [2.24, 2.45) is 0 Å². The summed E-state index contributed by atoms with van der Waals surface area (Å²) in [7, 11) is -3.19. The summed E-state index contributed by atoms with van der Waals surface area (Å²) < 4.78 is 26.8. The van der Waals surface area contributed by atoms with E-state index < -0.39 is 9.05 Å². The van der Waals surface area contributed by atoms with E-state index in [2.05, 4.69) is 27.7 Å². The molecule has 0 aromatic carbocycles. The third kappa shape index (κ3) is 47.4. The highest BCUT2D eigenvalue weighted by Gasteiger charge is 2.45. The van der Waals surface area contributed by atoms with E-state index in [9.17, 15) is 0 Å². The SMILES string of the molecule is CCCCCCCCCCCCCCO[Si](OCCCCCCCCCCCC)(OCCCCCCCCCCCCCC)OCCCCCCCCCCCCCC. The maximum absolute atomic E-state index is 6.70. The average Bonchev–Trinajstić information content (AvgIpc) is 3.24. The largest absolute Gasteiger partial charge is 0.679 e. The van der Waals surface area contributed by atoms with Crippen molar-refractivity contribution in [3.63, 3.8) is 0 Å². The average molecular weight is 854 g/mol. The summed E-state index contributed by atoms with van der Waals surface area (Å²) in [5, 5.41) is 0. The van der Waals surface area contributed by atoms with Gasteiger partial charge in [0.05, 0.1) is 0 Å². The van der Waals surface area contributed by atoms with Gasteiger partial charge in [-0.15, -0.1) is 0 Å². The first kappa shape index (κ1) is 59.1. The van der Waals surface area contributed by atoms with Gasteiger partial charge in [0.2, 0.25) is 0 Å². The Hall–Kier alpha value is 0.0569. The van der Waals surface area contributed by atoms with Crippen LogP contribution in [0.25, 0.3) is 0 Å². The Labute approximate surface area is 374 Å². The minimum absolute atomic E-state index is 0.706. The Kier molecular flexibility index (Phi) is 52.5. The van der Waals surface area contributed by atoms with Gasteiger partial charge in [0.15, 0.2) is 0 Å². The highest BCUT2D eigenvalue weighted by molar-refractivity contribution is 6.53. The van der Waals surface area contributed by atoms with Crippen molar-refractivity contribution in [2.45, 2.75) is 323 Å². The predicted molar refractivity (Wildman–Crippen MR) is 265 cm³/mol. The fraction of sp³-hybridized carbons (Fsp3) is 1.00. The lowest BCUT2D eigenvalue weighted by Gasteiger charge is -2.28. The molecule has 0 fully saturated rings. The lowest BCUT2D eigenvalue weighted by atomic mass is 10.1. The van der Waals surface area contributed by atoms with Crippen LogP contribution in [0.2, 0.25) is 0 Å². The molecule has 0 bridgehead atoms. The van der Waals surface area contributed by atoms with Crippen molar-refractivity contribution in [3.8, 4) is 0 Å². The molecule has 0 saturated heterocycles. The minimum atomic E-state index is -3.19. The fourth-order valence-corrected chi connectivity index (χ4v) is 10.5. The maximum atomic E-state index is 6.70. The van der Waals surface area contributed by atoms with Crippen molar-refractivity contribution < 1.29 is 17.7 Å². The van der Waals surface area contributed by atoms with E-state index in [0.29, 0.717) is 26.4 Å². The van der Waals surface area contributed by atoms with Gasteiger partial charge >= 0.3 is 9.05 Å². The zero-order valence-corrected chi connectivity index (χ0v) is 42.5. The van der Waals surface area contributed by atoms with Crippen LogP contribution < -0.4 is 0 Å². The second-order valence-electron chi connectivity index (χ2n) is 18.7. The van der Waals surface area contributed by atoms with Crippen molar-refractivity contribution in [1.82, 2.24) is 0 Å². The third-order valence-electron chi connectivity index (χ3n) is 12.6. The molecule has 4 nitrogen and oxygen atoms in total. The van der Waals surface area contributed by atoms with Crippen LogP contribution in [0, 0.1) is 0 Å². The lowest BCUT2D eigenvalue weighted by molar-refractivity contribution is -0.0375. The Morgan fingerprint density at radius 2 is 0.288 bits per heavy atom. The third-order valence-corrected chi connectivity index (χ3v) is 14.8. The predicted octanol–water partition coefficient (Wildman–Crippen LogP) is 19.5. The van der Waals surface area contributed by atoms with Gasteiger partial charge in [-0.05, 0) is 25.7 Å². The molecule has 5 heteroatoms. The van der Waals surface area contributed by atoms with Crippen LogP contribution in [-0.2, 0) is 17.7 Å². The van der Waals surface area contributed by atoms with Gasteiger partial charge in [-0.2, -0.15) is 0 Å². The smallest absolute Gasteiger partial charge is 0.351 e. The van der Waals surface area contributed by atoms with Gasteiger partial charge in [0.25, 0.3) is 0 Å². The molecule has 0 spiro atoms. The number of hydrogen-bond donors (Lipinski definition) is 0. The van der Waals surface area contributed by atoms with Crippen LogP contribution in [-0.4, -0.2) is 35.5 Å². The van der Waals surface area contributed by atoms with Crippen molar-refractivity contribution >= 4 is 9.05 Å². The summed E-state index contributed by atoms with van der Waals surface area (Å²) in [6.45, 7) is 12.1. The first-order valence-electron chi connectivity index (χ1n) is 27.8. The molecule has 0 atom stereocenters. The quantitative estimate of drug-likeness (QED) is 0.0451. The monoisotopic (exact) mass is 853 g/mol. The van der Waals surface area contributed by atoms with Gasteiger partial charge in [0, 0.05) is 26.4 Å². The van der Waals surface area contributed by atoms with Crippen LogP contribution in [0.3, 0.4) is 0 Å². The van der Waals surface area contributed by atoms with E-state index in [4.69, 9.17) is 17.7 Å². The van der Waals surface area contributed by atoms with E-state index in [1.54, 1.807) is 0 Å². The van der Waals surface area contributed by atoms with E-state index in [0.717, 1.165) is 25.7 Å². The molecule has 0 rings (SSSR count). The summed E-state index contributed by atoms with van der Waals surface area (Å²) in [6.07, 6.45) is 62.0. The Bertz CT molecular complexity index is 661. The summed E-state index contributed by atoms with van der Waals surface area (Å²) >= 11 is 0. The Morgan fingerprint density at radius 1 is 0.169 bits per heavy atom. The Balaban J connectivity index is 4.90. The summed E-state index contributed by atoms with van der Waals surface area (Å²) in [5.74, 6) is 0. The van der Waals surface area contributed by atoms with Gasteiger partial charge in [-0.3, -0.25) is 0 Å². The van der Waals surface area contributed by atoms with E-state index in [1.165, 1.54) is 270 Å². The zero-order chi connectivity index (χ0) is 42.7. The van der Waals surface area contributed by atoms with Gasteiger partial charge in [-0.1, -0.05) is 297 Å². The van der Waals surface area contributed by atoms with E-state index >= 15 is 0 Å². The minimum Gasteiger partial charge on any atom is -0.351 e. The second-order valence-corrected chi connectivity index (χ2v) is 20.9. The number of hydrogen-bond acceptors (Lipinski definition) is 4. The molecule has 0 aromatic rings. The van der Waals surface area contributed by atoms with E-state index in [1.807, 2.05) is 0 Å². The molecule has 0 heterocycles. The van der Waals surface area contributed by atoms with Crippen molar-refractivity contribution in [2.75, 3.05) is 26.4 Å². The van der Waals surface area contributed by atoms with Gasteiger partial charge in [0.1, 0.15) is 0 Å². The van der Waals surface area contributed by atoms with Gasteiger partial charge in [-0.25, -0.2) is 0 Å². The lowest BCUT2D eigenvalue weighted by Crippen LogP contribution is -2.50. The van der Waals surface area contributed by atoms with Crippen molar-refractivity contribution in [3.05, 3.63) is 0 Å². The number of unbranched alkanes of at least 4 members (excludes halogenated alkanes) is 42. The maximum Gasteiger partial charge on any atom is 0.679 e. The standard InChI is InChI=1S/C54H112O4Si/c1-5-9-13-17-21-25-29-32-36-40-44-48-52-56-59(55-51-47-43-39-35-28-24-20-16-12-8-4,57-53-49-45-41-37-33-30-26-22-18-14-10-6-2)58-54-50-46-42-38-34-31-27-23-19-15-11-7-3/h5-54H2,1-4H3. The highest BCUT2D eigenvalue weighted by Crippen LogP contribution is 2.20. The summed E-state index contributed by atoms with van der Waals surface area (Å²) in [6, 6.07) is 0. The van der Waals surface area contributed by atoms with Crippen LogP contribution >= 0.6 is 0 Å². The molecule has 356 valence electrons. The fourth-order valence-electron chi connectivity index (χ4n) is 8.46. The number of rotatable bonds is 54. The Morgan fingerprint density at radius 3 is 0.424 bits per heavy atom. The molecule has 0 N–H and O–H groups in total. The molecule has 0 aliphatic heterocycles. The molecular weight excluding hydrogens is 741 g/mol. The first-order chi connectivity index (χ1) is 29.2. The van der Waals surface area contributed by atoms with Crippen molar-refractivity contribution in [1.29, 1.82) is 0 Å². The van der Waals surface area contributed by atoms with Crippen LogP contribution in [0.15, 0.2) is 0 Å². The summed E-state index contributed by atoms with van der Waals surface area (Å²) in [4.78, 5) is 0. The molecule has 0 saturated carbocycles. The molecule has 0 aromatic heterocycles. The second kappa shape index (κ2) is 52.4. The van der Waals surface area contributed by atoms with Crippen LogP contribution in [0.1, 0.15) is 323 Å².